The Morgan fingerprint density at radius 1 is 0.314 bits per heavy atom. The third-order valence-electron chi connectivity index (χ3n) is 4.50. The molecule has 3 nitrogen and oxygen atoms in total. The lowest BCUT2D eigenvalue weighted by atomic mass is 10.2. The van der Waals surface area contributed by atoms with Crippen molar-refractivity contribution in [2.75, 3.05) is 0 Å². The number of hydrogen-bond acceptors (Lipinski definition) is 3. The monoisotopic (exact) mass is 626 g/mol. The van der Waals surface area contributed by atoms with Crippen molar-refractivity contribution in [2.45, 2.75) is 0 Å². The smallest absolute Gasteiger partial charge is 0.168 e. The molecule has 0 saturated heterocycles. The molecule has 0 N–H and O–H groups in total. The summed E-state index contributed by atoms with van der Waals surface area (Å²) in [6, 6.07) is 17.6. The van der Waals surface area contributed by atoms with Crippen LogP contribution in [-0.4, -0.2) is 0 Å². The molecule has 0 heterocycles. The molecule has 180 valence electrons. The van der Waals surface area contributed by atoms with Crippen LogP contribution >= 0.6 is 92.8 Å². The summed E-state index contributed by atoms with van der Waals surface area (Å²) >= 11 is 51.6. The molecule has 0 unspecified atom stereocenters. The summed E-state index contributed by atoms with van der Waals surface area (Å²) in [6.45, 7) is 0. The topological polar surface area (TPSA) is 27.7 Å². The average molecular weight is 630 g/mol. The lowest BCUT2D eigenvalue weighted by Crippen LogP contribution is -1.96. The predicted octanol–water partition coefficient (Wildman–Crippen LogP) is 12.3. The standard InChI is InChI=1S/C24H10Cl8O3/c25-13-17(29)23(18(30)14(26)21(13)33-11-7-3-1-4-8-11)35-24-19(31)15(27)22(16(28)20(24)32)34-12-9-5-2-6-10-12/h1-10H. The first-order valence-electron chi connectivity index (χ1n) is 9.56. The van der Waals surface area contributed by atoms with Crippen molar-refractivity contribution >= 4 is 92.8 Å². The van der Waals surface area contributed by atoms with Crippen LogP contribution in [0.2, 0.25) is 40.2 Å². The molecule has 0 saturated carbocycles. The molecule has 0 amide bonds. The van der Waals surface area contributed by atoms with E-state index in [4.69, 9.17) is 107 Å². The fourth-order valence-corrected chi connectivity index (χ4v) is 4.80. The molecule has 0 radical (unpaired) electrons. The van der Waals surface area contributed by atoms with E-state index in [-0.39, 0.29) is 63.2 Å². The molecule has 0 spiro atoms. The van der Waals surface area contributed by atoms with Crippen LogP contribution in [0.4, 0.5) is 0 Å². The zero-order valence-corrected chi connectivity index (χ0v) is 23.1. The van der Waals surface area contributed by atoms with Gasteiger partial charge in [0.05, 0.1) is 0 Å². The van der Waals surface area contributed by atoms with E-state index in [9.17, 15) is 0 Å². The minimum absolute atomic E-state index is 0.0433. The largest absolute Gasteiger partial charge is 0.454 e. The van der Waals surface area contributed by atoms with Gasteiger partial charge in [-0.3, -0.25) is 0 Å². The second-order valence-electron chi connectivity index (χ2n) is 6.76. The Labute approximate surface area is 240 Å². The number of para-hydroxylation sites is 2. The van der Waals surface area contributed by atoms with Crippen LogP contribution in [-0.2, 0) is 0 Å². The van der Waals surface area contributed by atoms with Crippen molar-refractivity contribution in [3.8, 4) is 34.5 Å². The number of hydrogen-bond donors (Lipinski definition) is 0. The second kappa shape index (κ2) is 11.3. The van der Waals surface area contributed by atoms with Crippen LogP contribution in [0.15, 0.2) is 60.7 Å². The van der Waals surface area contributed by atoms with Crippen molar-refractivity contribution in [1.29, 1.82) is 0 Å². The normalized spacial score (nSPS) is 10.9. The third kappa shape index (κ3) is 5.49. The zero-order valence-electron chi connectivity index (χ0n) is 17.0. The Bertz CT molecular complexity index is 1230. The first kappa shape index (κ1) is 26.7. The van der Waals surface area contributed by atoms with Gasteiger partial charge in [0.15, 0.2) is 23.0 Å². The van der Waals surface area contributed by atoms with Crippen LogP contribution in [0, 0.1) is 0 Å². The van der Waals surface area contributed by atoms with Crippen molar-refractivity contribution in [2.24, 2.45) is 0 Å². The first-order chi connectivity index (χ1) is 16.7. The summed E-state index contributed by atoms with van der Waals surface area (Å²) in [6.07, 6.45) is 0. The number of ether oxygens (including phenoxy) is 3. The number of rotatable bonds is 6. The van der Waals surface area contributed by atoms with E-state index in [2.05, 4.69) is 0 Å². The molecule has 4 aromatic carbocycles. The SMILES string of the molecule is Clc1c(Cl)c(Oc2c(Cl)c(Cl)c(Oc3ccccc3)c(Cl)c2Cl)c(Cl)c(Cl)c1Oc1ccccc1. The van der Waals surface area contributed by atoms with E-state index in [1.807, 2.05) is 12.1 Å². The highest BCUT2D eigenvalue weighted by Crippen LogP contribution is 2.56. The Morgan fingerprint density at radius 3 is 0.800 bits per heavy atom. The van der Waals surface area contributed by atoms with Gasteiger partial charge in [-0.2, -0.15) is 0 Å². The Balaban J connectivity index is 1.75. The highest BCUT2D eigenvalue weighted by atomic mass is 35.5. The van der Waals surface area contributed by atoms with Gasteiger partial charge in [-0.25, -0.2) is 0 Å². The molecular weight excluding hydrogens is 620 g/mol. The highest BCUT2D eigenvalue weighted by Gasteiger charge is 2.28. The van der Waals surface area contributed by atoms with E-state index in [0.717, 1.165) is 0 Å². The average Bonchev–Trinajstić information content (AvgIpc) is 2.87. The van der Waals surface area contributed by atoms with Gasteiger partial charge in [-0.15, -0.1) is 0 Å². The quantitative estimate of drug-likeness (QED) is 0.199. The van der Waals surface area contributed by atoms with E-state index < -0.39 is 0 Å². The summed E-state index contributed by atoms with van der Waals surface area (Å²) in [5.74, 6) is 0.767. The maximum atomic E-state index is 6.46. The molecule has 0 aliphatic carbocycles. The molecule has 0 fully saturated rings. The molecule has 4 rings (SSSR count). The predicted molar refractivity (Wildman–Crippen MR) is 146 cm³/mol. The second-order valence-corrected chi connectivity index (χ2v) is 9.78. The van der Waals surface area contributed by atoms with E-state index in [1.165, 1.54) is 0 Å². The Morgan fingerprint density at radius 2 is 0.543 bits per heavy atom. The van der Waals surface area contributed by atoms with Gasteiger partial charge in [-0.1, -0.05) is 129 Å². The number of halogens is 8. The van der Waals surface area contributed by atoms with Crippen LogP contribution in [0.5, 0.6) is 34.5 Å². The van der Waals surface area contributed by atoms with Crippen LogP contribution in [0.25, 0.3) is 0 Å². The van der Waals surface area contributed by atoms with Gasteiger partial charge in [0.1, 0.15) is 51.7 Å². The van der Waals surface area contributed by atoms with Crippen LogP contribution in [0.1, 0.15) is 0 Å². The Hall–Kier alpha value is -1.40. The fourth-order valence-electron chi connectivity index (χ4n) is 2.86. The zero-order chi connectivity index (χ0) is 25.3. The highest BCUT2D eigenvalue weighted by molar-refractivity contribution is 6.52. The van der Waals surface area contributed by atoms with Crippen LogP contribution in [0.3, 0.4) is 0 Å². The van der Waals surface area contributed by atoms with E-state index in [1.54, 1.807) is 48.5 Å². The lowest BCUT2D eigenvalue weighted by Gasteiger charge is -2.19. The van der Waals surface area contributed by atoms with Gasteiger partial charge in [0.25, 0.3) is 0 Å². The van der Waals surface area contributed by atoms with E-state index in [0.29, 0.717) is 11.5 Å². The van der Waals surface area contributed by atoms with Gasteiger partial charge in [0.2, 0.25) is 0 Å². The Kier molecular flexibility index (Phi) is 8.63. The van der Waals surface area contributed by atoms with Gasteiger partial charge < -0.3 is 14.2 Å². The first-order valence-corrected chi connectivity index (χ1v) is 12.6. The van der Waals surface area contributed by atoms with Gasteiger partial charge in [-0.05, 0) is 24.3 Å². The van der Waals surface area contributed by atoms with Crippen molar-refractivity contribution < 1.29 is 14.2 Å². The summed E-state index contributed by atoms with van der Waals surface area (Å²) in [5.41, 5.74) is 0. The molecular formula is C24H10Cl8O3. The molecule has 0 atom stereocenters. The van der Waals surface area contributed by atoms with Gasteiger partial charge in [0, 0.05) is 0 Å². The molecule has 4 aromatic rings. The molecule has 0 aliphatic heterocycles. The lowest BCUT2D eigenvalue weighted by molar-refractivity contribution is 0.465. The van der Waals surface area contributed by atoms with Crippen molar-refractivity contribution in [1.82, 2.24) is 0 Å². The summed E-state index contributed by atoms with van der Waals surface area (Å²) in [5, 5.41) is -0.595. The number of benzene rings is 4. The van der Waals surface area contributed by atoms with Crippen molar-refractivity contribution in [3.05, 3.63) is 101 Å². The summed E-state index contributed by atoms with van der Waals surface area (Å²) in [4.78, 5) is 0. The maximum absolute atomic E-state index is 6.46. The molecule has 0 bridgehead atoms. The van der Waals surface area contributed by atoms with Crippen molar-refractivity contribution in [3.63, 3.8) is 0 Å². The molecule has 0 aromatic heterocycles. The molecule has 11 heteroatoms. The molecule has 0 aliphatic rings. The minimum Gasteiger partial charge on any atom is -0.454 e. The van der Waals surface area contributed by atoms with Crippen LogP contribution < -0.4 is 14.2 Å². The third-order valence-corrected chi connectivity index (χ3v) is 7.77. The molecule has 35 heavy (non-hydrogen) atoms. The van der Waals surface area contributed by atoms with E-state index >= 15 is 0 Å². The fraction of sp³-hybridized carbons (Fsp3) is 0. The maximum Gasteiger partial charge on any atom is 0.168 e. The summed E-state index contributed by atoms with van der Waals surface area (Å²) < 4.78 is 17.4. The van der Waals surface area contributed by atoms with Gasteiger partial charge >= 0.3 is 0 Å². The summed E-state index contributed by atoms with van der Waals surface area (Å²) in [7, 11) is 0. The minimum atomic E-state index is -0.128.